The van der Waals surface area contributed by atoms with Crippen molar-refractivity contribution in [2.24, 2.45) is 5.92 Å². The summed E-state index contributed by atoms with van der Waals surface area (Å²) in [5.74, 6) is 0.382. The van der Waals surface area contributed by atoms with E-state index in [1.54, 1.807) is 32.5 Å². The monoisotopic (exact) mass is 585 g/mol. The van der Waals surface area contributed by atoms with Gasteiger partial charge < -0.3 is 36.4 Å². The van der Waals surface area contributed by atoms with Gasteiger partial charge in [0.25, 0.3) is 0 Å². The SMILES string of the molecule is CC(C)(C)OC(=O)NC(CCCCNC(=O)CCCCCNC(=O)CCCCC1CSC2NC(=O)NC12)C(=O)O. The lowest BCUT2D eigenvalue weighted by Gasteiger charge is -2.22. The highest BCUT2D eigenvalue weighted by atomic mass is 32.2. The van der Waals surface area contributed by atoms with E-state index in [0.717, 1.165) is 44.3 Å². The number of nitrogens with one attached hydrogen (secondary N) is 5. The van der Waals surface area contributed by atoms with Crippen LogP contribution >= 0.6 is 11.8 Å². The van der Waals surface area contributed by atoms with Gasteiger partial charge in [0, 0.05) is 31.7 Å². The number of rotatable bonds is 18. The third-order valence-electron chi connectivity index (χ3n) is 6.76. The summed E-state index contributed by atoms with van der Waals surface area (Å²) >= 11 is 1.79. The number of carboxylic acid groups (broad SMARTS) is 1. The highest BCUT2D eigenvalue weighted by molar-refractivity contribution is 8.00. The van der Waals surface area contributed by atoms with Crippen LogP contribution < -0.4 is 26.6 Å². The number of hydrogen-bond acceptors (Lipinski definition) is 7. The first-order chi connectivity index (χ1) is 18.9. The average Bonchev–Trinajstić information content (AvgIpc) is 3.40. The van der Waals surface area contributed by atoms with E-state index in [4.69, 9.17) is 4.74 Å². The fraction of sp³-hybridized carbons (Fsp3) is 0.815. The Morgan fingerprint density at radius 1 is 0.950 bits per heavy atom. The van der Waals surface area contributed by atoms with Crippen LogP contribution in [0.4, 0.5) is 9.59 Å². The minimum absolute atomic E-state index is 0.0503. The Labute approximate surface area is 241 Å². The molecule has 4 unspecified atom stereocenters. The molecule has 2 aliphatic rings. The van der Waals surface area contributed by atoms with E-state index in [1.807, 2.05) is 0 Å². The number of carbonyl (C=O) groups excluding carboxylic acids is 4. The number of fused-ring (bicyclic) bond motifs is 1. The first-order valence-electron chi connectivity index (χ1n) is 14.4. The lowest BCUT2D eigenvalue weighted by Crippen LogP contribution is -2.43. The molecule has 0 spiro atoms. The Balaban J connectivity index is 1.40. The third kappa shape index (κ3) is 13.6. The number of unbranched alkanes of at least 4 members (excludes halogenated alkanes) is 4. The topological polar surface area (TPSA) is 175 Å². The quantitative estimate of drug-likeness (QED) is 0.133. The van der Waals surface area contributed by atoms with Crippen LogP contribution in [0.1, 0.15) is 91.4 Å². The molecule has 2 aliphatic heterocycles. The maximum Gasteiger partial charge on any atom is 0.408 e. The molecule has 2 fully saturated rings. The molecule has 40 heavy (non-hydrogen) atoms. The van der Waals surface area contributed by atoms with E-state index in [2.05, 4.69) is 26.6 Å². The molecule has 6 N–H and O–H groups in total. The van der Waals surface area contributed by atoms with Gasteiger partial charge in [0.1, 0.15) is 11.6 Å². The second kappa shape index (κ2) is 17.2. The molecule has 2 saturated heterocycles. The number of ether oxygens (including phenoxy) is 1. The van der Waals surface area contributed by atoms with Gasteiger partial charge in [-0.05, 0) is 71.6 Å². The van der Waals surface area contributed by atoms with Crippen molar-refractivity contribution in [1.82, 2.24) is 26.6 Å². The zero-order chi connectivity index (χ0) is 29.5. The number of alkyl carbamates (subject to hydrolysis) is 1. The Morgan fingerprint density at radius 3 is 2.20 bits per heavy atom. The summed E-state index contributed by atoms with van der Waals surface area (Å²) < 4.78 is 5.10. The van der Waals surface area contributed by atoms with Gasteiger partial charge in [0.2, 0.25) is 11.8 Å². The first kappa shape index (κ1) is 33.5. The first-order valence-corrected chi connectivity index (χ1v) is 15.4. The van der Waals surface area contributed by atoms with Gasteiger partial charge in [0.15, 0.2) is 0 Å². The number of aliphatic carboxylic acids is 1. The van der Waals surface area contributed by atoms with Gasteiger partial charge in [-0.3, -0.25) is 9.59 Å². The van der Waals surface area contributed by atoms with Crippen LogP contribution in [-0.2, 0) is 19.1 Å². The highest BCUT2D eigenvalue weighted by Crippen LogP contribution is 2.35. The fourth-order valence-electron chi connectivity index (χ4n) is 4.68. The number of carbonyl (C=O) groups is 5. The molecule has 0 aromatic carbocycles. The normalized spacial score (nSPS) is 20.6. The summed E-state index contributed by atoms with van der Waals surface area (Å²) in [6.45, 7) is 6.16. The molecule has 2 rings (SSSR count). The van der Waals surface area contributed by atoms with E-state index < -0.39 is 23.7 Å². The van der Waals surface area contributed by atoms with Crippen molar-refractivity contribution >= 4 is 41.7 Å². The zero-order valence-electron chi connectivity index (χ0n) is 24.0. The van der Waals surface area contributed by atoms with Gasteiger partial charge in [-0.15, -0.1) is 11.8 Å². The molecule has 0 radical (unpaired) electrons. The van der Waals surface area contributed by atoms with Gasteiger partial charge in [0.05, 0.1) is 11.4 Å². The molecule has 0 aliphatic carbocycles. The molecule has 0 aromatic rings. The minimum Gasteiger partial charge on any atom is -0.480 e. The summed E-state index contributed by atoms with van der Waals surface area (Å²) in [4.78, 5) is 58.7. The molecule has 0 saturated carbocycles. The van der Waals surface area contributed by atoms with Crippen LogP contribution in [0.2, 0.25) is 0 Å². The molecule has 0 aromatic heterocycles. The maximum atomic E-state index is 12.1. The largest absolute Gasteiger partial charge is 0.480 e. The van der Waals surface area contributed by atoms with Crippen molar-refractivity contribution in [3.63, 3.8) is 0 Å². The van der Waals surface area contributed by atoms with Crippen molar-refractivity contribution in [1.29, 1.82) is 0 Å². The summed E-state index contributed by atoms with van der Waals surface area (Å²) in [6, 6.07) is -0.910. The predicted octanol–water partition coefficient (Wildman–Crippen LogP) is 2.86. The van der Waals surface area contributed by atoms with Gasteiger partial charge in [-0.1, -0.05) is 12.8 Å². The summed E-state index contributed by atoms with van der Waals surface area (Å²) in [5.41, 5.74) is -0.708. The minimum atomic E-state index is -1.12. The molecule has 5 amide bonds. The number of thioether (sulfide) groups is 1. The second-order valence-corrected chi connectivity index (χ2v) is 12.6. The Morgan fingerprint density at radius 2 is 1.57 bits per heavy atom. The standard InChI is InChI=1S/C27H47N5O7S/c1-27(2,3)39-26(38)30-19(24(35)36)12-8-10-16-29-20(33)13-5-4-9-15-28-21(34)14-7-6-11-18-17-40-23-22(18)31-25(37)32-23/h18-19,22-23H,4-17H2,1-3H3,(H,28,34)(H,29,33)(H,30,38)(H,35,36)(H2,31,32,37). The van der Waals surface area contributed by atoms with Gasteiger partial charge >= 0.3 is 18.1 Å². The molecule has 2 heterocycles. The predicted molar refractivity (Wildman–Crippen MR) is 153 cm³/mol. The smallest absolute Gasteiger partial charge is 0.408 e. The van der Waals surface area contributed by atoms with E-state index in [-0.39, 0.29) is 35.7 Å². The molecular weight excluding hydrogens is 538 g/mol. The van der Waals surface area contributed by atoms with Crippen LogP contribution in [0.3, 0.4) is 0 Å². The summed E-state index contributed by atoms with van der Waals surface area (Å²) in [5, 5.41) is 23.5. The molecule has 12 nitrogen and oxygen atoms in total. The average molecular weight is 586 g/mol. The molecule has 228 valence electrons. The van der Waals surface area contributed by atoms with E-state index in [1.165, 1.54) is 0 Å². The van der Waals surface area contributed by atoms with E-state index in [9.17, 15) is 29.1 Å². The van der Waals surface area contributed by atoms with Gasteiger partial charge in [-0.25, -0.2) is 14.4 Å². The number of hydrogen-bond donors (Lipinski definition) is 6. The maximum absolute atomic E-state index is 12.1. The zero-order valence-corrected chi connectivity index (χ0v) is 24.8. The van der Waals surface area contributed by atoms with E-state index >= 15 is 0 Å². The Kier molecular flexibility index (Phi) is 14.4. The fourth-order valence-corrected chi connectivity index (χ4v) is 6.20. The molecule has 0 bridgehead atoms. The lowest BCUT2D eigenvalue weighted by molar-refractivity contribution is -0.139. The molecule has 13 heteroatoms. The molecular formula is C27H47N5O7S. The van der Waals surface area contributed by atoms with Crippen molar-refractivity contribution < 1.29 is 33.8 Å². The van der Waals surface area contributed by atoms with Crippen LogP contribution in [0.5, 0.6) is 0 Å². The van der Waals surface area contributed by atoms with Crippen LogP contribution in [-0.4, -0.2) is 76.9 Å². The van der Waals surface area contributed by atoms with Crippen molar-refractivity contribution in [3.8, 4) is 0 Å². The van der Waals surface area contributed by atoms with Crippen LogP contribution in [0.15, 0.2) is 0 Å². The third-order valence-corrected chi connectivity index (χ3v) is 8.15. The van der Waals surface area contributed by atoms with Crippen LogP contribution in [0, 0.1) is 5.92 Å². The van der Waals surface area contributed by atoms with Crippen molar-refractivity contribution in [3.05, 3.63) is 0 Å². The molecule has 4 atom stereocenters. The summed E-state index contributed by atoms with van der Waals surface area (Å²) in [6.07, 6.45) is 6.73. The van der Waals surface area contributed by atoms with Crippen molar-refractivity contribution in [2.75, 3.05) is 18.8 Å². The Hall–Kier alpha value is -2.70. The Bertz CT molecular complexity index is 867. The van der Waals surface area contributed by atoms with Crippen molar-refractivity contribution in [2.45, 2.75) is 114 Å². The van der Waals surface area contributed by atoms with Crippen LogP contribution in [0.25, 0.3) is 0 Å². The van der Waals surface area contributed by atoms with E-state index in [0.29, 0.717) is 44.7 Å². The summed E-state index contributed by atoms with van der Waals surface area (Å²) in [7, 11) is 0. The van der Waals surface area contributed by atoms with Gasteiger partial charge in [-0.2, -0.15) is 0 Å². The number of amides is 5. The lowest BCUT2D eigenvalue weighted by atomic mass is 9.96. The second-order valence-electron chi connectivity index (χ2n) is 11.4. The number of carboxylic acids is 1. The highest BCUT2D eigenvalue weighted by Gasteiger charge is 2.42. The number of urea groups is 1.